The molecule has 2 aromatic carbocycles. The molecule has 29 heavy (non-hydrogen) atoms. The minimum absolute atomic E-state index is 0.0349. The van der Waals surface area contributed by atoms with Crippen molar-refractivity contribution in [1.29, 1.82) is 0 Å². The van der Waals surface area contributed by atoms with Crippen molar-refractivity contribution in [2.45, 2.75) is 20.4 Å². The normalized spacial score (nSPS) is 11.0. The average molecular weight is 404 g/mol. The Morgan fingerprint density at radius 2 is 1.72 bits per heavy atom. The Morgan fingerprint density at radius 1 is 1.07 bits per heavy atom. The number of thiophene rings is 1. The van der Waals surface area contributed by atoms with E-state index in [1.54, 1.807) is 11.8 Å². The van der Waals surface area contributed by atoms with Crippen LogP contribution in [-0.4, -0.2) is 22.0 Å². The van der Waals surface area contributed by atoms with Gasteiger partial charge in [0.25, 0.3) is 5.56 Å². The van der Waals surface area contributed by atoms with Crippen LogP contribution >= 0.6 is 11.3 Å². The Hall–Kier alpha value is -3.25. The molecule has 0 atom stereocenters. The summed E-state index contributed by atoms with van der Waals surface area (Å²) in [4.78, 5) is 34.1. The molecular formula is C23H21N3O2S. The van der Waals surface area contributed by atoms with Crippen LogP contribution in [0.2, 0.25) is 0 Å². The first-order chi connectivity index (χ1) is 14.1. The molecule has 0 N–H and O–H groups in total. The second-order valence-corrected chi connectivity index (χ2v) is 7.75. The lowest BCUT2D eigenvalue weighted by atomic mass is 10.2. The third-order valence-corrected chi connectivity index (χ3v) is 5.96. The van der Waals surface area contributed by atoms with Gasteiger partial charge < -0.3 is 4.90 Å². The smallest absolute Gasteiger partial charge is 0.262 e. The topological polar surface area (TPSA) is 55.2 Å². The fraction of sp³-hybridized carbons (Fsp3) is 0.174. The molecule has 0 saturated heterocycles. The summed E-state index contributed by atoms with van der Waals surface area (Å²) in [5.74, 6) is 0.407. The highest BCUT2D eigenvalue weighted by Crippen LogP contribution is 2.31. The van der Waals surface area contributed by atoms with Crippen LogP contribution in [0.3, 0.4) is 0 Å². The summed E-state index contributed by atoms with van der Waals surface area (Å²) in [7, 11) is 0. The van der Waals surface area contributed by atoms with Crippen LogP contribution < -0.4 is 10.5 Å². The molecule has 5 nitrogen and oxygen atoms in total. The van der Waals surface area contributed by atoms with Gasteiger partial charge in [-0.3, -0.25) is 14.2 Å². The minimum Gasteiger partial charge on any atom is -0.311 e. The molecule has 4 rings (SSSR count). The van der Waals surface area contributed by atoms with Crippen molar-refractivity contribution in [2.75, 3.05) is 11.4 Å². The second kappa shape index (κ2) is 8.01. The maximum atomic E-state index is 13.1. The molecule has 2 aromatic heterocycles. The van der Waals surface area contributed by atoms with Gasteiger partial charge in [0, 0.05) is 17.1 Å². The number of carbonyl (C=O) groups is 1. The van der Waals surface area contributed by atoms with E-state index in [0.717, 1.165) is 16.1 Å². The molecule has 0 aliphatic carbocycles. The van der Waals surface area contributed by atoms with Crippen LogP contribution in [0.15, 0.2) is 71.5 Å². The summed E-state index contributed by atoms with van der Waals surface area (Å²) in [6.07, 6.45) is 0. The number of nitrogens with zero attached hydrogens (tertiary/aromatic N) is 3. The van der Waals surface area contributed by atoms with Crippen molar-refractivity contribution in [3.05, 3.63) is 82.9 Å². The molecule has 1 amide bonds. The Bertz CT molecular complexity index is 1210. The molecule has 0 aliphatic heterocycles. The molecule has 2 heterocycles. The van der Waals surface area contributed by atoms with Crippen LogP contribution in [0.5, 0.6) is 0 Å². The number of aryl methyl sites for hydroxylation is 1. The first-order valence-corrected chi connectivity index (χ1v) is 10.3. The van der Waals surface area contributed by atoms with Gasteiger partial charge in [0.15, 0.2) is 0 Å². The van der Waals surface area contributed by atoms with Crippen molar-refractivity contribution in [2.24, 2.45) is 0 Å². The Labute approximate surface area is 172 Å². The number of carbonyl (C=O) groups excluding carboxylic acids is 1. The highest BCUT2D eigenvalue weighted by molar-refractivity contribution is 7.21. The van der Waals surface area contributed by atoms with E-state index in [4.69, 9.17) is 0 Å². The van der Waals surface area contributed by atoms with Gasteiger partial charge in [-0.2, -0.15) is 0 Å². The van der Waals surface area contributed by atoms with Gasteiger partial charge in [0.05, 0.1) is 5.39 Å². The third kappa shape index (κ3) is 3.71. The average Bonchev–Trinajstić information content (AvgIpc) is 3.17. The van der Waals surface area contributed by atoms with Crippen molar-refractivity contribution in [1.82, 2.24) is 9.55 Å². The van der Waals surface area contributed by atoms with E-state index < -0.39 is 0 Å². The Morgan fingerprint density at radius 3 is 2.38 bits per heavy atom. The number of hydrogen-bond donors (Lipinski definition) is 0. The number of para-hydroxylation sites is 1. The number of amides is 1. The summed E-state index contributed by atoms with van der Waals surface area (Å²) in [5, 5.41) is 0.551. The third-order valence-electron chi connectivity index (χ3n) is 4.88. The zero-order valence-corrected chi connectivity index (χ0v) is 17.1. The molecular weight excluding hydrogens is 382 g/mol. The molecule has 0 fully saturated rings. The minimum atomic E-state index is -0.177. The fourth-order valence-electron chi connectivity index (χ4n) is 3.38. The van der Waals surface area contributed by atoms with E-state index in [9.17, 15) is 9.59 Å². The van der Waals surface area contributed by atoms with Gasteiger partial charge in [-0.15, -0.1) is 11.3 Å². The first-order valence-electron chi connectivity index (χ1n) is 9.50. The number of benzene rings is 2. The molecule has 0 saturated carbocycles. The maximum absolute atomic E-state index is 13.1. The van der Waals surface area contributed by atoms with Crippen LogP contribution in [0.1, 0.15) is 12.7 Å². The predicted octanol–water partition coefficient (Wildman–Crippen LogP) is 4.49. The summed E-state index contributed by atoms with van der Waals surface area (Å²) in [6, 6.07) is 21.3. The molecule has 4 aromatic rings. The van der Waals surface area contributed by atoms with E-state index in [0.29, 0.717) is 22.6 Å². The lowest BCUT2D eigenvalue weighted by Crippen LogP contribution is -2.37. The van der Waals surface area contributed by atoms with Crippen molar-refractivity contribution < 1.29 is 4.79 Å². The number of fused-ring (bicyclic) bond motifs is 1. The lowest BCUT2D eigenvalue weighted by molar-refractivity contribution is -0.119. The summed E-state index contributed by atoms with van der Waals surface area (Å²) >= 11 is 1.49. The van der Waals surface area contributed by atoms with Gasteiger partial charge in [0.2, 0.25) is 5.91 Å². The zero-order chi connectivity index (χ0) is 20.4. The quantitative estimate of drug-likeness (QED) is 0.493. The van der Waals surface area contributed by atoms with Gasteiger partial charge >= 0.3 is 0 Å². The van der Waals surface area contributed by atoms with Gasteiger partial charge in [0.1, 0.15) is 17.2 Å². The number of likely N-dealkylation sites (N-methyl/N-ethyl adjacent to an activating group) is 1. The van der Waals surface area contributed by atoms with E-state index in [2.05, 4.69) is 4.98 Å². The predicted molar refractivity (Wildman–Crippen MR) is 119 cm³/mol. The van der Waals surface area contributed by atoms with E-state index in [1.807, 2.05) is 73.7 Å². The number of aromatic nitrogens is 2. The Kier molecular flexibility index (Phi) is 5.27. The molecule has 6 heteroatoms. The van der Waals surface area contributed by atoms with Crippen molar-refractivity contribution in [3.8, 4) is 10.4 Å². The largest absolute Gasteiger partial charge is 0.311 e. The van der Waals surface area contributed by atoms with Gasteiger partial charge in [-0.1, -0.05) is 48.5 Å². The molecule has 0 spiro atoms. The van der Waals surface area contributed by atoms with Crippen LogP contribution in [0.25, 0.3) is 20.7 Å². The SMILES string of the molecule is CCN(C(=O)Cn1c(C)nc2sc(-c3ccccc3)cc2c1=O)c1ccccc1. The van der Waals surface area contributed by atoms with E-state index in [1.165, 1.54) is 15.9 Å². The highest BCUT2D eigenvalue weighted by Gasteiger charge is 2.18. The van der Waals surface area contributed by atoms with E-state index in [-0.39, 0.29) is 18.0 Å². The molecule has 0 aliphatic rings. The molecule has 0 bridgehead atoms. The summed E-state index contributed by atoms with van der Waals surface area (Å²) in [5.41, 5.74) is 1.70. The van der Waals surface area contributed by atoms with Crippen LogP contribution in [0.4, 0.5) is 5.69 Å². The highest BCUT2D eigenvalue weighted by atomic mass is 32.1. The first kappa shape index (κ1) is 19.1. The molecule has 0 radical (unpaired) electrons. The summed E-state index contributed by atoms with van der Waals surface area (Å²) in [6.45, 7) is 4.19. The maximum Gasteiger partial charge on any atom is 0.262 e. The number of anilines is 1. The fourth-order valence-corrected chi connectivity index (χ4v) is 4.45. The Balaban J connectivity index is 1.70. The number of hydrogen-bond acceptors (Lipinski definition) is 4. The zero-order valence-electron chi connectivity index (χ0n) is 16.3. The van der Waals surface area contributed by atoms with Gasteiger partial charge in [-0.05, 0) is 37.6 Å². The van der Waals surface area contributed by atoms with Crippen molar-refractivity contribution in [3.63, 3.8) is 0 Å². The standard InChI is InChI=1S/C23H21N3O2S/c1-3-25(18-12-8-5-9-13-18)21(27)15-26-16(2)24-22-19(23(26)28)14-20(29-22)17-10-6-4-7-11-17/h4-14H,3,15H2,1-2H3. The molecule has 146 valence electrons. The number of rotatable bonds is 5. The van der Waals surface area contributed by atoms with Crippen LogP contribution in [0, 0.1) is 6.92 Å². The molecule has 0 unspecified atom stereocenters. The van der Waals surface area contributed by atoms with Crippen molar-refractivity contribution >= 4 is 33.1 Å². The monoisotopic (exact) mass is 403 g/mol. The lowest BCUT2D eigenvalue weighted by Gasteiger charge is -2.22. The summed E-state index contributed by atoms with van der Waals surface area (Å²) < 4.78 is 1.47. The van der Waals surface area contributed by atoms with E-state index >= 15 is 0 Å². The van der Waals surface area contributed by atoms with Crippen LogP contribution in [-0.2, 0) is 11.3 Å². The van der Waals surface area contributed by atoms with Gasteiger partial charge in [-0.25, -0.2) is 4.98 Å². The second-order valence-electron chi connectivity index (χ2n) is 6.72.